The van der Waals surface area contributed by atoms with Crippen molar-refractivity contribution in [2.75, 3.05) is 19.6 Å². The molecule has 1 saturated heterocycles. The van der Waals surface area contributed by atoms with Crippen LogP contribution in [0.15, 0.2) is 16.6 Å². The summed E-state index contributed by atoms with van der Waals surface area (Å²) in [6.07, 6.45) is 2.04. The Bertz CT molecular complexity index is 440. The molecule has 0 aliphatic carbocycles. The summed E-state index contributed by atoms with van der Waals surface area (Å²) < 4.78 is 28.1. The van der Waals surface area contributed by atoms with Crippen LogP contribution in [0.3, 0.4) is 0 Å². The van der Waals surface area contributed by atoms with Crippen LogP contribution in [0.4, 0.5) is 8.78 Å². The molecule has 0 bridgehead atoms. The smallest absolute Gasteiger partial charge is 0.144 e. The standard InChI is InChI=1S/C14H19BrF2N2/c1-2-10-8-19(7-3-6-18-10)9-11-13(16)5-4-12(15)14(11)17/h4-5,10,18H,2-3,6-9H2,1H3. The van der Waals surface area contributed by atoms with Gasteiger partial charge in [-0.15, -0.1) is 0 Å². The van der Waals surface area contributed by atoms with Crippen LogP contribution >= 0.6 is 15.9 Å². The number of nitrogens with zero attached hydrogens (tertiary/aromatic N) is 1. The van der Waals surface area contributed by atoms with Crippen LogP contribution in [0.1, 0.15) is 25.3 Å². The molecule has 0 radical (unpaired) electrons. The molecule has 2 rings (SSSR count). The summed E-state index contributed by atoms with van der Waals surface area (Å²) in [4.78, 5) is 2.13. The minimum absolute atomic E-state index is 0.158. The maximum atomic E-state index is 14.0. The van der Waals surface area contributed by atoms with Crippen molar-refractivity contribution < 1.29 is 8.78 Å². The lowest BCUT2D eigenvalue weighted by Gasteiger charge is -2.24. The molecule has 1 aromatic rings. The third-order valence-corrected chi connectivity index (χ3v) is 4.19. The van der Waals surface area contributed by atoms with Gasteiger partial charge in [0.05, 0.1) is 4.47 Å². The lowest BCUT2D eigenvalue weighted by atomic mass is 10.1. The van der Waals surface area contributed by atoms with Gasteiger partial charge < -0.3 is 5.32 Å². The van der Waals surface area contributed by atoms with Gasteiger partial charge in [-0.05, 0) is 54.0 Å². The Balaban J connectivity index is 2.13. The number of nitrogens with one attached hydrogen (secondary N) is 1. The second-order valence-corrected chi connectivity index (χ2v) is 5.82. The van der Waals surface area contributed by atoms with Crippen molar-refractivity contribution >= 4 is 15.9 Å². The maximum Gasteiger partial charge on any atom is 0.144 e. The molecule has 1 unspecified atom stereocenters. The van der Waals surface area contributed by atoms with Crippen molar-refractivity contribution in [2.45, 2.75) is 32.4 Å². The predicted octanol–water partition coefficient (Wildman–Crippen LogP) is 3.30. The molecule has 5 heteroatoms. The number of halogens is 3. The summed E-state index contributed by atoms with van der Waals surface area (Å²) in [6, 6.07) is 3.13. The fourth-order valence-corrected chi connectivity index (χ4v) is 2.80. The van der Waals surface area contributed by atoms with Crippen molar-refractivity contribution in [3.63, 3.8) is 0 Å². The average Bonchev–Trinajstić information content (AvgIpc) is 2.64. The molecule has 106 valence electrons. The number of benzene rings is 1. The molecule has 1 aliphatic rings. The lowest BCUT2D eigenvalue weighted by molar-refractivity contribution is 0.250. The van der Waals surface area contributed by atoms with Gasteiger partial charge in [-0.25, -0.2) is 8.78 Å². The number of rotatable bonds is 3. The molecule has 1 heterocycles. The zero-order chi connectivity index (χ0) is 13.8. The van der Waals surface area contributed by atoms with E-state index in [0.29, 0.717) is 17.1 Å². The van der Waals surface area contributed by atoms with E-state index in [1.807, 2.05) is 0 Å². The fraction of sp³-hybridized carbons (Fsp3) is 0.571. The first-order valence-corrected chi connectivity index (χ1v) is 7.49. The predicted molar refractivity (Wildman–Crippen MR) is 76.0 cm³/mol. The molecule has 0 aromatic heterocycles. The summed E-state index contributed by atoms with van der Waals surface area (Å²) in [6.45, 7) is 5.13. The highest BCUT2D eigenvalue weighted by Crippen LogP contribution is 2.23. The Morgan fingerprint density at radius 1 is 1.42 bits per heavy atom. The van der Waals surface area contributed by atoms with Crippen molar-refractivity contribution in [2.24, 2.45) is 0 Å². The molecule has 19 heavy (non-hydrogen) atoms. The SMILES string of the molecule is CCC1CN(Cc2c(F)ccc(Br)c2F)CCCN1. The van der Waals surface area contributed by atoms with Gasteiger partial charge in [-0.2, -0.15) is 0 Å². The summed E-state index contributed by atoms with van der Waals surface area (Å²) in [5.41, 5.74) is 0.158. The lowest BCUT2D eigenvalue weighted by Crippen LogP contribution is -2.37. The summed E-state index contributed by atoms with van der Waals surface area (Å²) >= 11 is 3.11. The van der Waals surface area contributed by atoms with Crippen molar-refractivity contribution in [3.8, 4) is 0 Å². The normalized spacial score (nSPS) is 21.4. The molecule has 0 spiro atoms. The first-order chi connectivity index (χ1) is 9.11. The van der Waals surface area contributed by atoms with Gasteiger partial charge in [0.2, 0.25) is 0 Å². The van der Waals surface area contributed by atoms with Crippen LogP contribution in [-0.2, 0) is 6.54 Å². The van der Waals surface area contributed by atoms with Crippen LogP contribution in [-0.4, -0.2) is 30.6 Å². The summed E-state index contributed by atoms with van der Waals surface area (Å²) in [5.74, 6) is -0.948. The molecular formula is C14H19BrF2N2. The van der Waals surface area contributed by atoms with E-state index in [0.717, 1.165) is 32.5 Å². The minimum atomic E-state index is -0.481. The molecule has 1 atom stereocenters. The van der Waals surface area contributed by atoms with Gasteiger partial charge in [0.25, 0.3) is 0 Å². The van der Waals surface area contributed by atoms with Crippen LogP contribution in [0.5, 0.6) is 0 Å². The second-order valence-electron chi connectivity index (χ2n) is 4.97. The monoisotopic (exact) mass is 332 g/mol. The van der Waals surface area contributed by atoms with Crippen molar-refractivity contribution in [1.29, 1.82) is 0 Å². The van der Waals surface area contributed by atoms with Crippen molar-refractivity contribution in [1.82, 2.24) is 10.2 Å². The van der Waals surface area contributed by atoms with Gasteiger partial charge in [-0.1, -0.05) is 6.92 Å². The van der Waals surface area contributed by atoms with Gasteiger partial charge in [0, 0.05) is 24.7 Å². The summed E-state index contributed by atoms with van der Waals surface area (Å²) in [7, 11) is 0. The fourth-order valence-electron chi connectivity index (χ4n) is 2.43. The quantitative estimate of drug-likeness (QED) is 0.854. The van der Waals surface area contributed by atoms with Crippen LogP contribution in [0, 0.1) is 11.6 Å². The van der Waals surface area contributed by atoms with E-state index in [2.05, 4.69) is 33.1 Å². The number of hydrogen-bond donors (Lipinski definition) is 1. The second kappa shape index (κ2) is 6.77. The highest BCUT2D eigenvalue weighted by Gasteiger charge is 2.20. The molecule has 1 fully saturated rings. The highest BCUT2D eigenvalue weighted by atomic mass is 79.9. The topological polar surface area (TPSA) is 15.3 Å². The molecule has 0 amide bonds. The highest BCUT2D eigenvalue weighted by molar-refractivity contribution is 9.10. The van der Waals surface area contributed by atoms with Gasteiger partial charge in [-0.3, -0.25) is 4.90 Å². The van der Waals surface area contributed by atoms with E-state index >= 15 is 0 Å². The molecule has 0 saturated carbocycles. The molecule has 2 nitrogen and oxygen atoms in total. The largest absolute Gasteiger partial charge is 0.313 e. The van der Waals surface area contributed by atoms with Crippen LogP contribution in [0.25, 0.3) is 0 Å². The average molecular weight is 333 g/mol. The molecule has 1 N–H and O–H groups in total. The van der Waals surface area contributed by atoms with Gasteiger partial charge >= 0.3 is 0 Å². The number of hydrogen-bond acceptors (Lipinski definition) is 2. The van der Waals surface area contributed by atoms with Gasteiger partial charge in [0.1, 0.15) is 11.6 Å². The molecule has 1 aliphatic heterocycles. The van der Waals surface area contributed by atoms with Crippen LogP contribution in [0.2, 0.25) is 0 Å². The molecule has 1 aromatic carbocycles. The first kappa shape index (κ1) is 14.9. The Labute approximate surface area is 121 Å². The Hall–Kier alpha value is -0.520. The van der Waals surface area contributed by atoms with Gasteiger partial charge in [0.15, 0.2) is 0 Å². The van der Waals surface area contributed by atoms with E-state index in [9.17, 15) is 8.78 Å². The Morgan fingerprint density at radius 3 is 2.95 bits per heavy atom. The Morgan fingerprint density at radius 2 is 2.21 bits per heavy atom. The van der Waals surface area contributed by atoms with E-state index in [-0.39, 0.29) is 5.56 Å². The third-order valence-electron chi connectivity index (χ3n) is 3.58. The minimum Gasteiger partial charge on any atom is -0.313 e. The van der Waals surface area contributed by atoms with E-state index in [1.165, 1.54) is 12.1 Å². The van der Waals surface area contributed by atoms with Crippen molar-refractivity contribution in [3.05, 3.63) is 33.8 Å². The van der Waals surface area contributed by atoms with E-state index in [1.54, 1.807) is 0 Å². The van der Waals surface area contributed by atoms with Crippen LogP contribution < -0.4 is 5.32 Å². The van der Waals surface area contributed by atoms with E-state index < -0.39 is 11.6 Å². The first-order valence-electron chi connectivity index (χ1n) is 6.70. The van der Waals surface area contributed by atoms with E-state index in [4.69, 9.17) is 0 Å². The maximum absolute atomic E-state index is 14.0. The molecular weight excluding hydrogens is 314 g/mol. The summed E-state index contributed by atoms with van der Waals surface area (Å²) in [5, 5.41) is 3.45. The Kier molecular flexibility index (Phi) is 5.30. The zero-order valence-corrected chi connectivity index (χ0v) is 12.6. The zero-order valence-electron chi connectivity index (χ0n) is 11.1. The third kappa shape index (κ3) is 3.74.